The molecule has 0 aliphatic heterocycles. The number of rotatable bonds is 5. The Kier molecular flexibility index (Phi) is 4.95. The SMILES string of the molecule is COc1ccccc1NC(=O)C(C)OC(=O)c1ccc2ncsc2c1. The molecule has 1 heterocycles. The molecule has 3 rings (SSSR count). The Morgan fingerprint density at radius 3 is 2.80 bits per heavy atom. The minimum Gasteiger partial charge on any atom is -0.495 e. The van der Waals surface area contributed by atoms with Gasteiger partial charge in [-0.3, -0.25) is 4.79 Å². The van der Waals surface area contributed by atoms with E-state index in [0.29, 0.717) is 17.0 Å². The summed E-state index contributed by atoms with van der Waals surface area (Å²) in [6.45, 7) is 1.52. The van der Waals surface area contributed by atoms with E-state index in [-0.39, 0.29) is 0 Å². The second kappa shape index (κ2) is 7.31. The zero-order chi connectivity index (χ0) is 17.8. The number of para-hydroxylation sites is 2. The Balaban J connectivity index is 1.67. The number of hydrogen-bond donors (Lipinski definition) is 1. The number of thiazole rings is 1. The molecule has 0 bridgehead atoms. The normalized spacial score (nSPS) is 11.8. The molecule has 1 aromatic heterocycles. The van der Waals surface area contributed by atoms with Gasteiger partial charge in [-0.1, -0.05) is 12.1 Å². The lowest BCUT2D eigenvalue weighted by Gasteiger charge is -2.15. The van der Waals surface area contributed by atoms with E-state index in [1.165, 1.54) is 25.4 Å². The number of benzene rings is 2. The molecule has 1 N–H and O–H groups in total. The number of methoxy groups -OCH3 is 1. The van der Waals surface area contributed by atoms with Crippen molar-refractivity contribution in [1.29, 1.82) is 0 Å². The standard InChI is InChI=1S/C18H16N2O4S/c1-11(17(21)20-13-5-3-4-6-15(13)23-2)24-18(22)12-7-8-14-16(9-12)25-10-19-14/h3-11H,1-2H3,(H,20,21). The third kappa shape index (κ3) is 3.77. The Morgan fingerprint density at radius 1 is 1.20 bits per heavy atom. The van der Waals surface area contributed by atoms with Crippen LogP contribution in [0.4, 0.5) is 5.69 Å². The molecule has 0 saturated heterocycles. The van der Waals surface area contributed by atoms with Crippen LogP contribution in [0.3, 0.4) is 0 Å². The van der Waals surface area contributed by atoms with Gasteiger partial charge in [-0.05, 0) is 37.3 Å². The third-order valence-corrected chi connectivity index (χ3v) is 4.38. The van der Waals surface area contributed by atoms with Crippen molar-refractivity contribution in [1.82, 2.24) is 4.98 Å². The summed E-state index contributed by atoms with van der Waals surface area (Å²) in [7, 11) is 1.52. The molecular formula is C18H16N2O4S. The van der Waals surface area contributed by atoms with E-state index >= 15 is 0 Å². The highest BCUT2D eigenvalue weighted by Gasteiger charge is 2.20. The van der Waals surface area contributed by atoms with Crippen molar-refractivity contribution < 1.29 is 19.1 Å². The smallest absolute Gasteiger partial charge is 0.338 e. The van der Waals surface area contributed by atoms with Gasteiger partial charge in [0.2, 0.25) is 0 Å². The van der Waals surface area contributed by atoms with E-state index in [9.17, 15) is 9.59 Å². The molecule has 0 saturated carbocycles. The molecule has 0 aliphatic carbocycles. The highest BCUT2D eigenvalue weighted by molar-refractivity contribution is 7.16. The maximum absolute atomic E-state index is 12.3. The van der Waals surface area contributed by atoms with E-state index < -0.39 is 18.0 Å². The van der Waals surface area contributed by atoms with Gasteiger partial charge in [-0.25, -0.2) is 9.78 Å². The Bertz CT molecular complexity index is 922. The number of ether oxygens (including phenoxy) is 2. The molecule has 25 heavy (non-hydrogen) atoms. The first-order valence-corrected chi connectivity index (χ1v) is 8.44. The number of amides is 1. The van der Waals surface area contributed by atoms with E-state index in [0.717, 1.165) is 10.2 Å². The van der Waals surface area contributed by atoms with Gasteiger partial charge in [0, 0.05) is 0 Å². The fourth-order valence-corrected chi connectivity index (χ4v) is 2.96. The van der Waals surface area contributed by atoms with Gasteiger partial charge in [0.25, 0.3) is 5.91 Å². The zero-order valence-corrected chi connectivity index (χ0v) is 14.5. The number of fused-ring (bicyclic) bond motifs is 1. The third-order valence-electron chi connectivity index (χ3n) is 3.58. The van der Waals surface area contributed by atoms with Gasteiger partial charge in [0.15, 0.2) is 6.10 Å². The van der Waals surface area contributed by atoms with Crippen molar-refractivity contribution in [2.75, 3.05) is 12.4 Å². The first-order valence-electron chi connectivity index (χ1n) is 7.56. The van der Waals surface area contributed by atoms with Crippen LogP contribution in [0.5, 0.6) is 5.75 Å². The van der Waals surface area contributed by atoms with Crippen molar-refractivity contribution in [3.8, 4) is 5.75 Å². The molecule has 7 heteroatoms. The maximum Gasteiger partial charge on any atom is 0.338 e. The summed E-state index contributed by atoms with van der Waals surface area (Å²) in [6, 6.07) is 12.1. The summed E-state index contributed by atoms with van der Waals surface area (Å²) < 4.78 is 11.3. The van der Waals surface area contributed by atoms with Crippen LogP contribution in [0.25, 0.3) is 10.2 Å². The van der Waals surface area contributed by atoms with Crippen molar-refractivity contribution in [2.45, 2.75) is 13.0 Å². The molecule has 0 radical (unpaired) electrons. The largest absolute Gasteiger partial charge is 0.495 e. The minimum absolute atomic E-state index is 0.383. The summed E-state index contributed by atoms with van der Waals surface area (Å²) in [5.41, 5.74) is 3.43. The van der Waals surface area contributed by atoms with Crippen molar-refractivity contribution in [3.63, 3.8) is 0 Å². The lowest BCUT2D eigenvalue weighted by atomic mass is 10.2. The van der Waals surface area contributed by atoms with Gasteiger partial charge >= 0.3 is 5.97 Å². The Hall–Kier alpha value is -2.93. The molecule has 1 unspecified atom stereocenters. The van der Waals surface area contributed by atoms with Crippen LogP contribution in [0, 0.1) is 0 Å². The number of nitrogens with zero attached hydrogens (tertiary/aromatic N) is 1. The molecule has 0 spiro atoms. The Labute approximate surface area is 148 Å². The summed E-state index contributed by atoms with van der Waals surface area (Å²) in [4.78, 5) is 28.7. The molecule has 1 atom stereocenters. The minimum atomic E-state index is -0.949. The fourth-order valence-electron chi connectivity index (χ4n) is 2.25. The highest BCUT2D eigenvalue weighted by atomic mass is 32.1. The van der Waals surface area contributed by atoms with Gasteiger partial charge < -0.3 is 14.8 Å². The average molecular weight is 356 g/mol. The van der Waals surface area contributed by atoms with Crippen LogP contribution in [0.15, 0.2) is 48.0 Å². The van der Waals surface area contributed by atoms with Crippen molar-refractivity contribution in [3.05, 3.63) is 53.5 Å². The van der Waals surface area contributed by atoms with Crippen molar-refractivity contribution in [2.24, 2.45) is 0 Å². The van der Waals surface area contributed by atoms with Crippen molar-refractivity contribution >= 4 is 39.1 Å². The predicted octanol–water partition coefficient (Wildman–Crippen LogP) is 3.49. The molecule has 3 aromatic rings. The number of anilines is 1. The summed E-state index contributed by atoms with van der Waals surface area (Å²) >= 11 is 1.44. The van der Waals surface area contributed by atoms with Crippen LogP contribution in [0.1, 0.15) is 17.3 Å². The van der Waals surface area contributed by atoms with Crippen LogP contribution in [0.2, 0.25) is 0 Å². The number of hydrogen-bond acceptors (Lipinski definition) is 6. The van der Waals surface area contributed by atoms with Gasteiger partial charge in [0.05, 0.1) is 34.1 Å². The summed E-state index contributed by atoms with van der Waals surface area (Å²) in [5.74, 6) is -0.459. The number of carbonyl (C=O) groups excluding carboxylic acids is 2. The lowest BCUT2D eigenvalue weighted by molar-refractivity contribution is -0.123. The van der Waals surface area contributed by atoms with E-state index in [2.05, 4.69) is 10.3 Å². The number of nitrogens with one attached hydrogen (secondary N) is 1. The zero-order valence-electron chi connectivity index (χ0n) is 13.7. The first-order chi connectivity index (χ1) is 12.1. The molecule has 6 nitrogen and oxygen atoms in total. The Morgan fingerprint density at radius 2 is 2.00 bits per heavy atom. The van der Waals surface area contributed by atoms with Crippen LogP contribution < -0.4 is 10.1 Å². The summed E-state index contributed by atoms with van der Waals surface area (Å²) in [6.07, 6.45) is -0.949. The van der Waals surface area contributed by atoms with Gasteiger partial charge in [0.1, 0.15) is 5.75 Å². The fraction of sp³-hybridized carbons (Fsp3) is 0.167. The second-order valence-corrected chi connectivity index (χ2v) is 6.16. The van der Waals surface area contributed by atoms with Crippen LogP contribution in [-0.2, 0) is 9.53 Å². The molecule has 0 fully saturated rings. The first kappa shape index (κ1) is 16.9. The summed E-state index contributed by atoms with van der Waals surface area (Å²) in [5, 5.41) is 2.69. The van der Waals surface area contributed by atoms with Crippen LogP contribution >= 0.6 is 11.3 Å². The molecule has 2 aromatic carbocycles. The molecule has 1 amide bonds. The average Bonchev–Trinajstić information content (AvgIpc) is 3.09. The monoisotopic (exact) mass is 356 g/mol. The second-order valence-electron chi connectivity index (χ2n) is 5.27. The number of esters is 1. The predicted molar refractivity (Wildman–Crippen MR) is 96.1 cm³/mol. The van der Waals surface area contributed by atoms with E-state index in [4.69, 9.17) is 9.47 Å². The highest BCUT2D eigenvalue weighted by Crippen LogP contribution is 2.23. The van der Waals surface area contributed by atoms with Gasteiger partial charge in [-0.2, -0.15) is 0 Å². The molecule has 128 valence electrons. The van der Waals surface area contributed by atoms with Crippen LogP contribution in [-0.4, -0.2) is 30.1 Å². The molecular weight excluding hydrogens is 340 g/mol. The van der Waals surface area contributed by atoms with E-state index in [1.807, 2.05) is 0 Å². The number of carbonyl (C=O) groups is 2. The maximum atomic E-state index is 12.3. The van der Waals surface area contributed by atoms with E-state index in [1.54, 1.807) is 48.0 Å². The number of aromatic nitrogens is 1. The molecule has 0 aliphatic rings. The van der Waals surface area contributed by atoms with Gasteiger partial charge in [-0.15, -0.1) is 11.3 Å². The quantitative estimate of drug-likeness (QED) is 0.708. The topological polar surface area (TPSA) is 77.5 Å². The lowest BCUT2D eigenvalue weighted by Crippen LogP contribution is -2.30.